The summed E-state index contributed by atoms with van der Waals surface area (Å²) in [5.41, 5.74) is 3.87. The number of hydrogen-bond donors (Lipinski definition) is 0. The van der Waals surface area contributed by atoms with Crippen molar-refractivity contribution in [3.05, 3.63) is 105 Å². The van der Waals surface area contributed by atoms with Crippen LogP contribution in [0.3, 0.4) is 0 Å². The van der Waals surface area contributed by atoms with Crippen LogP contribution in [-0.4, -0.2) is 28.1 Å². The number of carbonyl (C=O) groups is 1. The maximum atomic E-state index is 13.0. The summed E-state index contributed by atoms with van der Waals surface area (Å²) in [7, 11) is 0. The van der Waals surface area contributed by atoms with Gasteiger partial charge in [-0.2, -0.15) is 5.10 Å². The predicted molar refractivity (Wildman–Crippen MR) is 124 cm³/mol. The number of carbonyl (C=O) groups excluding carboxylic acids is 1. The lowest BCUT2D eigenvalue weighted by atomic mass is 10.1. The molecule has 152 valence electrons. The molecule has 1 fully saturated rings. The summed E-state index contributed by atoms with van der Waals surface area (Å²) in [5.74, 6) is -0.0239. The Kier molecular flexibility index (Phi) is 6.32. The number of benzene rings is 3. The lowest BCUT2D eigenvalue weighted by molar-refractivity contribution is -0.128. The average molecular weight is 483 g/mol. The molecular formula is C24H21BrClN3O. The summed E-state index contributed by atoms with van der Waals surface area (Å²) in [4.78, 5) is 15.2. The summed E-state index contributed by atoms with van der Waals surface area (Å²) in [6.07, 6.45) is -0.280. The van der Waals surface area contributed by atoms with Crippen molar-refractivity contribution in [2.24, 2.45) is 5.10 Å². The molecule has 6 heteroatoms. The first-order valence-electron chi connectivity index (χ1n) is 9.68. The van der Waals surface area contributed by atoms with E-state index in [1.54, 1.807) is 5.01 Å². The lowest BCUT2D eigenvalue weighted by Crippen LogP contribution is -2.29. The van der Waals surface area contributed by atoms with Gasteiger partial charge in [0.1, 0.15) is 6.17 Å². The molecule has 0 aromatic heterocycles. The fourth-order valence-corrected chi connectivity index (χ4v) is 4.17. The minimum absolute atomic E-state index is 0.0239. The van der Waals surface area contributed by atoms with Crippen LogP contribution in [0.1, 0.15) is 29.8 Å². The molecule has 0 radical (unpaired) electrons. The van der Waals surface area contributed by atoms with Gasteiger partial charge in [-0.3, -0.25) is 9.69 Å². The van der Waals surface area contributed by atoms with Crippen LogP contribution >= 0.6 is 27.5 Å². The van der Waals surface area contributed by atoms with Crippen molar-refractivity contribution < 1.29 is 4.79 Å². The van der Waals surface area contributed by atoms with Crippen LogP contribution in [0.25, 0.3) is 0 Å². The molecule has 1 saturated heterocycles. The number of amides is 1. The van der Waals surface area contributed by atoms with Crippen LogP contribution in [0.2, 0.25) is 5.02 Å². The summed E-state index contributed by atoms with van der Waals surface area (Å²) in [6, 6.07) is 25.7. The first kappa shape index (κ1) is 20.8. The van der Waals surface area contributed by atoms with Gasteiger partial charge in [0, 0.05) is 16.0 Å². The number of halogens is 2. The van der Waals surface area contributed by atoms with Gasteiger partial charge in [-0.15, -0.1) is 0 Å². The summed E-state index contributed by atoms with van der Waals surface area (Å²) in [6.45, 7) is 2.88. The van der Waals surface area contributed by atoms with Crippen LogP contribution in [0.15, 0.2) is 88.4 Å². The van der Waals surface area contributed by atoms with Crippen molar-refractivity contribution in [1.82, 2.24) is 9.91 Å². The Labute approximate surface area is 189 Å². The van der Waals surface area contributed by atoms with Crippen LogP contribution in [-0.2, 0) is 11.3 Å². The van der Waals surface area contributed by atoms with E-state index in [1.165, 1.54) is 0 Å². The van der Waals surface area contributed by atoms with Gasteiger partial charge in [-0.25, -0.2) is 5.01 Å². The highest BCUT2D eigenvalue weighted by Gasteiger charge is 2.39. The maximum Gasteiger partial charge on any atom is 0.258 e. The lowest BCUT2D eigenvalue weighted by Gasteiger charge is -2.28. The van der Waals surface area contributed by atoms with E-state index >= 15 is 0 Å². The van der Waals surface area contributed by atoms with E-state index in [0.717, 1.165) is 26.9 Å². The normalized spacial score (nSPS) is 17.6. The molecule has 1 amide bonds. The van der Waals surface area contributed by atoms with E-state index in [0.29, 0.717) is 18.1 Å². The third kappa shape index (κ3) is 4.64. The Bertz CT molecular complexity index is 1070. The molecule has 4 nitrogen and oxygen atoms in total. The number of nitrogens with zero attached hydrogens (tertiary/aromatic N) is 3. The summed E-state index contributed by atoms with van der Waals surface area (Å²) < 4.78 is 0.970. The smallest absolute Gasteiger partial charge is 0.258 e. The van der Waals surface area contributed by atoms with E-state index in [2.05, 4.69) is 33.0 Å². The molecule has 1 aliphatic rings. The van der Waals surface area contributed by atoms with Crippen molar-refractivity contribution in [1.29, 1.82) is 0 Å². The molecule has 0 N–H and O–H groups in total. The Morgan fingerprint density at radius 2 is 1.80 bits per heavy atom. The minimum atomic E-state index is -0.280. The van der Waals surface area contributed by atoms with Crippen LogP contribution in [0, 0.1) is 0 Å². The molecule has 1 heterocycles. The van der Waals surface area contributed by atoms with Crippen molar-refractivity contribution in [3.63, 3.8) is 0 Å². The molecular weight excluding hydrogens is 462 g/mol. The zero-order chi connectivity index (χ0) is 21.1. The topological polar surface area (TPSA) is 35.9 Å². The highest BCUT2D eigenvalue weighted by Crippen LogP contribution is 2.34. The van der Waals surface area contributed by atoms with E-state index in [-0.39, 0.29) is 12.1 Å². The van der Waals surface area contributed by atoms with Gasteiger partial charge < -0.3 is 0 Å². The van der Waals surface area contributed by atoms with Gasteiger partial charge in [0.15, 0.2) is 0 Å². The Morgan fingerprint density at radius 1 is 1.07 bits per heavy atom. The highest BCUT2D eigenvalue weighted by atomic mass is 79.9. The van der Waals surface area contributed by atoms with Crippen molar-refractivity contribution in [2.45, 2.75) is 19.6 Å². The monoisotopic (exact) mass is 481 g/mol. The SMILES string of the molecule is CC(=NN1C(=O)CN(Cc2ccccc2)C1c1cccc(Br)c1)c1ccc(Cl)cc1. The zero-order valence-corrected chi connectivity index (χ0v) is 18.8. The molecule has 30 heavy (non-hydrogen) atoms. The predicted octanol–water partition coefficient (Wildman–Crippen LogP) is 5.87. The second-order valence-electron chi connectivity index (χ2n) is 7.25. The van der Waals surface area contributed by atoms with Crippen molar-refractivity contribution in [3.8, 4) is 0 Å². The standard InChI is InChI=1S/C24H21BrClN3O/c1-17(19-10-12-22(26)13-11-19)27-29-23(30)16-28(15-18-6-3-2-4-7-18)24(29)20-8-5-9-21(25)14-20/h2-14,24H,15-16H2,1H3. The van der Waals surface area contributed by atoms with Gasteiger partial charge in [-0.1, -0.05) is 82.1 Å². The number of hydrazone groups is 1. The Hall–Kier alpha value is -2.47. The largest absolute Gasteiger partial charge is 0.271 e. The highest BCUT2D eigenvalue weighted by molar-refractivity contribution is 9.10. The minimum Gasteiger partial charge on any atom is -0.271 e. The third-order valence-corrected chi connectivity index (χ3v) is 5.81. The molecule has 3 aromatic rings. The Balaban J connectivity index is 1.71. The number of hydrogen-bond acceptors (Lipinski definition) is 3. The van der Waals surface area contributed by atoms with Gasteiger partial charge in [0.05, 0.1) is 12.3 Å². The average Bonchev–Trinajstić information content (AvgIpc) is 3.04. The third-order valence-electron chi connectivity index (χ3n) is 5.07. The second kappa shape index (κ2) is 9.13. The molecule has 4 rings (SSSR count). The van der Waals surface area contributed by atoms with Crippen LogP contribution in [0.5, 0.6) is 0 Å². The van der Waals surface area contributed by atoms with Crippen LogP contribution in [0.4, 0.5) is 0 Å². The van der Waals surface area contributed by atoms with E-state index in [9.17, 15) is 4.79 Å². The fourth-order valence-electron chi connectivity index (χ4n) is 3.62. The van der Waals surface area contributed by atoms with Crippen molar-refractivity contribution >= 4 is 39.1 Å². The molecule has 0 saturated carbocycles. The Morgan fingerprint density at radius 3 is 2.50 bits per heavy atom. The zero-order valence-electron chi connectivity index (χ0n) is 16.5. The molecule has 3 aromatic carbocycles. The summed E-state index contributed by atoms with van der Waals surface area (Å²) >= 11 is 9.56. The van der Waals surface area contributed by atoms with Gasteiger partial charge in [0.2, 0.25) is 0 Å². The van der Waals surface area contributed by atoms with E-state index < -0.39 is 0 Å². The van der Waals surface area contributed by atoms with Gasteiger partial charge in [0.25, 0.3) is 5.91 Å². The van der Waals surface area contributed by atoms with Crippen LogP contribution < -0.4 is 0 Å². The number of rotatable bonds is 5. The van der Waals surface area contributed by atoms with E-state index in [4.69, 9.17) is 16.7 Å². The quantitative estimate of drug-likeness (QED) is 0.426. The molecule has 1 aliphatic heterocycles. The fraction of sp³-hybridized carbons (Fsp3) is 0.167. The first-order valence-corrected chi connectivity index (χ1v) is 10.8. The molecule has 1 unspecified atom stereocenters. The van der Waals surface area contributed by atoms with Gasteiger partial charge in [-0.05, 0) is 47.9 Å². The maximum absolute atomic E-state index is 13.0. The summed E-state index contributed by atoms with van der Waals surface area (Å²) in [5, 5.41) is 7.01. The van der Waals surface area contributed by atoms with E-state index in [1.807, 2.05) is 73.7 Å². The van der Waals surface area contributed by atoms with Crippen molar-refractivity contribution in [2.75, 3.05) is 6.54 Å². The molecule has 1 atom stereocenters. The molecule has 0 aliphatic carbocycles. The van der Waals surface area contributed by atoms with Gasteiger partial charge >= 0.3 is 0 Å². The molecule has 0 spiro atoms. The first-order chi connectivity index (χ1) is 14.5. The second-order valence-corrected chi connectivity index (χ2v) is 8.60. The molecule has 0 bridgehead atoms.